The molecule has 1 rings (SSSR count). The molecule has 1 fully saturated rings. The summed E-state index contributed by atoms with van der Waals surface area (Å²) in [4.78, 5) is 49.7. The number of aliphatic carboxylic acids is 1. The summed E-state index contributed by atoms with van der Waals surface area (Å²) >= 11 is 0. The summed E-state index contributed by atoms with van der Waals surface area (Å²) in [6, 6.07) is -2.27. The Hall–Kier alpha value is -2.20. The molecule has 1 saturated heterocycles. The van der Waals surface area contributed by atoms with E-state index in [-0.39, 0.29) is 11.8 Å². The third kappa shape index (κ3) is 7.08. The molecule has 0 aromatic rings. The number of nitrogens with one attached hydrogen (secondary N) is 2. The smallest absolute Gasteiger partial charge is 0.322 e. The molecule has 0 bridgehead atoms. The second-order valence-corrected chi connectivity index (χ2v) is 7.42. The second kappa shape index (κ2) is 11.6. The number of rotatable bonds is 11. The van der Waals surface area contributed by atoms with Crippen LogP contribution in [-0.2, 0) is 19.2 Å². The van der Waals surface area contributed by atoms with E-state index in [1.54, 1.807) is 13.8 Å². The van der Waals surface area contributed by atoms with Crippen LogP contribution in [0.3, 0.4) is 0 Å². The number of nitrogens with zero attached hydrogens (tertiary/aromatic N) is 1. The number of carbonyl (C=O) groups is 4. The van der Waals surface area contributed by atoms with Gasteiger partial charge >= 0.3 is 5.97 Å². The van der Waals surface area contributed by atoms with Crippen LogP contribution in [0, 0.1) is 5.92 Å². The molecule has 3 amide bonds. The van der Waals surface area contributed by atoms with Crippen molar-refractivity contribution >= 4 is 23.7 Å². The van der Waals surface area contributed by atoms with Crippen molar-refractivity contribution in [1.82, 2.24) is 15.5 Å². The fraction of sp³-hybridized carbons (Fsp3) is 0.778. The van der Waals surface area contributed by atoms with E-state index in [4.69, 9.17) is 16.6 Å². The van der Waals surface area contributed by atoms with Gasteiger partial charge in [-0.2, -0.15) is 0 Å². The van der Waals surface area contributed by atoms with Crippen LogP contribution in [0.15, 0.2) is 0 Å². The molecule has 0 aliphatic carbocycles. The predicted molar refractivity (Wildman–Crippen MR) is 103 cm³/mol. The van der Waals surface area contributed by atoms with Gasteiger partial charge in [0.25, 0.3) is 0 Å². The van der Waals surface area contributed by atoms with Crippen molar-refractivity contribution in [3.63, 3.8) is 0 Å². The van der Waals surface area contributed by atoms with Gasteiger partial charge in [-0.25, -0.2) is 0 Å². The van der Waals surface area contributed by atoms with Crippen molar-refractivity contribution in [2.75, 3.05) is 19.6 Å². The van der Waals surface area contributed by atoms with Crippen LogP contribution in [0.25, 0.3) is 0 Å². The van der Waals surface area contributed by atoms with E-state index >= 15 is 0 Å². The molecule has 1 aliphatic heterocycles. The van der Waals surface area contributed by atoms with Crippen LogP contribution in [-0.4, -0.2) is 71.5 Å². The number of nitrogens with two attached hydrogens (primary N) is 2. The average molecular weight is 399 g/mol. The first-order chi connectivity index (χ1) is 13.2. The second-order valence-electron chi connectivity index (χ2n) is 7.42. The zero-order valence-corrected chi connectivity index (χ0v) is 16.6. The third-order valence-electron chi connectivity index (χ3n) is 4.79. The molecule has 1 heterocycles. The summed E-state index contributed by atoms with van der Waals surface area (Å²) in [6.45, 7) is 4.02. The Balaban J connectivity index is 2.75. The lowest BCUT2D eigenvalue weighted by Gasteiger charge is -2.31. The standard InChI is InChI=1S/C18H33N5O5/c1-11(2)15(22-16(26)12(20)6-3-4-8-19)18(28)23-9-5-7-13(23)17(27)21-10-14(24)25/h11-13,15H,3-10,19-20H2,1-2H3,(H,21,27)(H,22,26)(H,24,25). The Morgan fingerprint density at radius 1 is 1.21 bits per heavy atom. The van der Waals surface area contributed by atoms with E-state index in [1.165, 1.54) is 4.90 Å². The maximum atomic E-state index is 13.0. The lowest BCUT2D eigenvalue weighted by Crippen LogP contribution is -2.57. The minimum atomic E-state index is -1.15. The van der Waals surface area contributed by atoms with Gasteiger partial charge in [0.1, 0.15) is 18.6 Å². The van der Waals surface area contributed by atoms with Gasteiger partial charge in [0, 0.05) is 6.54 Å². The molecule has 0 spiro atoms. The lowest BCUT2D eigenvalue weighted by atomic mass is 10.0. The summed E-state index contributed by atoms with van der Waals surface area (Å²) in [6.07, 6.45) is 3.06. The van der Waals surface area contributed by atoms with Gasteiger partial charge in [0.15, 0.2) is 0 Å². The number of hydrogen-bond donors (Lipinski definition) is 5. The topological polar surface area (TPSA) is 168 Å². The molecule has 0 aromatic carbocycles. The first-order valence-corrected chi connectivity index (χ1v) is 9.75. The summed E-state index contributed by atoms with van der Waals surface area (Å²) in [5.74, 6) is -2.61. The summed E-state index contributed by atoms with van der Waals surface area (Å²) in [7, 11) is 0. The maximum absolute atomic E-state index is 13.0. The maximum Gasteiger partial charge on any atom is 0.322 e. The molecular formula is C18H33N5O5. The molecule has 0 radical (unpaired) electrons. The number of unbranched alkanes of at least 4 members (excludes halogenated alkanes) is 1. The fourth-order valence-electron chi connectivity index (χ4n) is 3.18. The Kier molecular flexibility index (Phi) is 9.88. The highest BCUT2D eigenvalue weighted by atomic mass is 16.4. The van der Waals surface area contributed by atoms with Crippen LogP contribution >= 0.6 is 0 Å². The van der Waals surface area contributed by atoms with Gasteiger partial charge in [0.05, 0.1) is 6.04 Å². The zero-order valence-electron chi connectivity index (χ0n) is 16.6. The van der Waals surface area contributed by atoms with E-state index in [2.05, 4.69) is 10.6 Å². The SMILES string of the molecule is CC(C)C(NC(=O)C(N)CCCCN)C(=O)N1CCCC1C(=O)NCC(=O)O. The van der Waals surface area contributed by atoms with Gasteiger partial charge in [-0.05, 0) is 38.1 Å². The quantitative estimate of drug-likeness (QED) is 0.271. The highest BCUT2D eigenvalue weighted by Gasteiger charge is 2.38. The number of carboxylic acid groups (broad SMARTS) is 1. The van der Waals surface area contributed by atoms with E-state index in [0.29, 0.717) is 32.4 Å². The fourth-order valence-corrected chi connectivity index (χ4v) is 3.18. The molecule has 3 atom stereocenters. The Morgan fingerprint density at radius 3 is 2.46 bits per heavy atom. The van der Waals surface area contributed by atoms with Gasteiger partial charge < -0.3 is 32.1 Å². The third-order valence-corrected chi connectivity index (χ3v) is 4.79. The van der Waals surface area contributed by atoms with E-state index in [1.807, 2.05) is 0 Å². The van der Waals surface area contributed by atoms with Crippen molar-refractivity contribution < 1.29 is 24.3 Å². The van der Waals surface area contributed by atoms with Crippen molar-refractivity contribution in [3.8, 4) is 0 Å². The normalized spacial score (nSPS) is 18.6. The lowest BCUT2D eigenvalue weighted by molar-refractivity contribution is -0.143. The van der Waals surface area contributed by atoms with Crippen molar-refractivity contribution in [3.05, 3.63) is 0 Å². The van der Waals surface area contributed by atoms with Crippen LogP contribution in [0.4, 0.5) is 0 Å². The van der Waals surface area contributed by atoms with E-state index in [9.17, 15) is 19.2 Å². The first-order valence-electron chi connectivity index (χ1n) is 9.75. The largest absolute Gasteiger partial charge is 0.480 e. The minimum absolute atomic E-state index is 0.198. The highest BCUT2D eigenvalue weighted by Crippen LogP contribution is 2.20. The average Bonchev–Trinajstić information content (AvgIpc) is 3.13. The van der Waals surface area contributed by atoms with Crippen molar-refractivity contribution in [2.24, 2.45) is 17.4 Å². The summed E-state index contributed by atoms with van der Waals surface area (Å²) in [5.41, 5.74) is 11.3. The molecule has 3 unspecified atom stereocenters. The number of amides is 3. The van der Waals surface area contributed by atoms with Gasteiger partial charge in [-0.3, -0.25) is 19.2 Å². The monoisotopic (exact) mass is 399 g/mol. The summed E-state index contributed by atoms with van der Waals surface area (Å²) in [5, 5.41) is 13.7. The highest BCUT2D eigenvalue weighted by molar-refractivity contribution is 5.94. The zero-order chi connectivity index (χ0) is 21.3. The van der Waals surface area contributed by atoms with Crippen LogP contribution in [0.1, 0.15) is 46.0 Å². The molecule has 10 nitrogen and oxygen atoms in total. The van der Waals surface area contributed by atoms with Crippen molar-refractivity contribution in [1.29, 1.82) is 0 Å². The molecule has 1 aliphatic rings. The van der Waals surface area contributed by atoms with Gasteiger partial charge in [-0.1, -0.05) is 20.3 Å². The number of likely N-dealkylation sites (tertiary alicyclic amines) is 1. The van der Waals surface area contributed by atoms with Crippen LogP contribution < -0.4 is 22.1 Å². The van der Waals surface area contributed by atoms with E-state index < -0.39 is 42.5 Å². The number of carbonyl (C=O) groups excluding carboxylic acids is 3. The Bertz CT molecular complexity index is 569. The van der Waals surface area contributed by atoms with E-state index in [0.717, 1.165) is 12.8 Å². The van der Waals surface area contributed by atoms with Gasteiger partial charge in [-0.15, -0.1) is 0 Å². The summed E-state index contributed by atoms with van der Waals surface area (Å²) < 4.78 is 0. The molecule has 10 heteroatoms. The van der Waals surface area contributed by atoms with Crippen LogP contribution in [0.5, 0.6) is 0 Å². The Morgan fingerprint density at radius 2 is 1.89 bits per heavy atom. The van der Waals surface area contributed by atoms with Crippen molar-refractivity contribution in [2.45, 2.75) is 64.1 Å². The minimum Gasteiger partial charge on any atom is -0.480 e. The number of hydrogen-bond acceptors (Lipinski definition) is 6. The Labute approximate surface area is 165 Å². The van der Waals surface area contributed by atoms with Gasteiger partial charge in [0.2, 0.25) is 17.7 Å². The number of carboxylic acids is 1. The molecular weight excluding hydrogens is 366 g/mol. The molecule has 28 heavy (non-hydrogen) atoms. The molecule has 0 aromatic heterocycles. The molecule has 0 saturated carbocycles. The first kappa shape index (κ1) is 23.8. The van der Waals surface area contributed by atoms with Crippen LogP contribution in [0.2, 0.25) is 0 Å². The predicted octanol–water partition coefficient (Wildman–Crippen LogP) is -1.22. The molecule has 7 N–H and O–H groups in total. The molecule has 160 valence electrons.